The van der Waals surface area contributed by atoms with E-state index < -0.39 is 5.97 Å². The van der Waals surface area contributed by atoms with Crippen molar-refractivity contribution < 1.29 is 24.0 Å². The van der Waals surface area contributed by atoms with Gasteiger partial charge in [-0.3, -0.25) is 4.89 Å². The van der Waals surface area contributed by atoms with Gasteiger partial charge in [-0.25, -0.2) is 9.68 Å². The van der Waals surface area contributed by atoms with Crippen molar-refractivity contribution in [3.05, 3.63) is 30.9 Å². The van der Waals surface area contributed by atoms with Crippen molar-refractivity contribution in [1.29, 1.82) is 0 Å². The van der Waals surface area contributed by atoms with Crippen LogP contribution in [0.1, 0.15) is 0 Å². The van der Waals surface area contributed by atoms with Crippen LogP contribution in [0.3, 0.4) is 0 Å². The van der Waals surface area contributed by atoms with Crippen molar-refractivity contribution in [2.75, 3.05) is 14.2 Å². The molecule has 0 spiro atoms. The van der Waals surface area contributed by atoms with Gasteiger partial charge in [-0.2, -0.15) is 0 Å². The van der Waals surface area contributed by atoms with Crippen LogP contribution >= 0.6 is 0 Å². The van der Waals surface area contributed by atoms with Gasteiger partial charge in [0.15, 0.2) is 5.75 Å². The van der Waals surface area contributed by atoms with Crippen LogP contribution in [-0.2, 0) is 9.68 Å². The van der Waals surface area contributed by atoms with Crippen LogP contribution in [0, 0.1) is 0 Å². The fraction of sp³-hybridized carbons (Fsp3) is 0.182. The van der Waals surface area contributed by atoms with Crippen LogP contribution in [0.2, 0.25) is 0 Å². The molecule has 0 aliphatic rings. The third-order valence-corrected chi connectivity index (χ3v) is 1.75. The van der Waals surface area contributed by atoms with Crippen LogP contribution in [-0.4, -0.2) is 20.2 Å². The van der Waals surface area contributed by atoms with Crippen LogP contribution in [0.15, 0.2) is 30.9 Å². The molecular formula is C11H12O5. The number of carbonyl (C=O) groups is 1. The summed E-state index contributed by atoms with van der Waals surface area (Å²) in [5.74, 6) is 0.387. The molecule has 0 aromatic heterocycles. The Labute approximate surface area is 93.1 Å². The van der Waals surface area contributed by atoms with E-state index in [9.17, 15) is 4.79 Å². The Morgan fingerprint density at radius 1 is 1.25 bits per heavy atom. The number of para-hydroxylation sites is 1. The molecule has 0 aliphatic carbocycles. The van der Waals surface area contributed by atoms with E-state index in [2.05, 4.69) is 11.5 Å². The highest BCUT2D eigenvalue weighted by atomic mass is 17.2. The molecule has 0 heterocycles. The van der Waals surface area contributed by atoms with Gasteiger partial charge in [-0.15, -0.1) is 0 Å². The van der Waals surface area contributed by atoms with Gasteiger partial charge in [0.05, 0.1) is 14.2 Å². The van der Waals surface area contributed by atoms with Gasteiger partial charge in [0, 0.05) is 6.08 Å². The van der Waals surface area contributed by atoms with Crippen LogP contribution in [0.4, 0.5) is 0 Å². The quantitative estimate of drug-likeness (QED) is 0.433. The SMILES string of the molecule is C=CC(=O)OOc1cccc(OC)c1OC. The normalized spacial score (nSPS) is 9.12. The molecule has 5 heteroatoms. The second kappa shape index (κ2) is 5.65. The monoisotopic (exact) mass is 224 g/mol. The molecule has 5 nitrogen and oxygen atoms in total. The van der Waals surface area contributed by atoms with Gasteiger partial charge in [0.2, 0.25) is 11.5 Å². The zero-order valence-electron chi connectivity index (χ0n) is 9.06. The summed E-state index contributed by atoms with van der Waals surface area (Å²) in [4.78, 5) is 20.0. The van der Waals surface area contributed by atoms with E-state index in [0.717, 1.165) is 6.08 Å². The van der Waals surface area contributed by atoms with Crippen molar-refractivity contribution in [3.63, 3.8) is 0 Å². The molecular weight excluding hydrogens is 212 g/mol. The molecule has 1 aromatic carbocycles. The Bertz CT molecular complexity index is 386. The Morgan fingerprint density at radius 3 is 2.50 bits per heavy atom. The highest BCUT2D eigenvalue weighted by molar-refractivity contribution is 5.80. The second-order valence-corrected chi connectivity index (χ2v) is 2.68. The number of hydrogen-bond donors (Lipinski definition) is 0. The second-order valence-electron chi connectivity index (χ2n) is 2.68. The molecule has 0 amide bonds. The van der Waals surface area contributed by atoms with E-state index in [-0.39, 0.29) is 5.75 Å². The number of hydrogen-bond acceptors (Lipinski definition) is 5. The highest BCUT2D eigenvalue weighted by Crippen LogP contribution is 2.36. The molecule has 0 radical (unpaired) electrons. The van der Waals surface area contributed by atoms with Gasteiger partial charge in [0.25, 0.3) is 0 Å². The lowest BCUT2D eigenvalue weighted by Crippen LogP contribution is -2.05. The maximum Gasteiger partial charge on any atom is 0.378 e. The first-order valence-electron chi connectivity index (χ1n) is 4.44. The maximum atomic E-state index is 10.8. The van der Waals surface area contributed by atoms with E-state index in [4.69, 9.17) is 14.4 Å². The van der Waals surface area contributed by atoms with Crippen molar-refractivity contribution in [2.45, 2.75) is 0 Å². The predicted molar refractivity (Wildman–Crippen MR) is 56.5 cm³/mol. The Balaban J connectivity index is 2.86. The molecule has 86 valence electrons. The van der Waals surface area contributed by atoms with E-state index in [0.29, 0.717) is 11.5 Å². The Kier molecular flexibility index (Phi) is 4.20. The third kappa shape index (κ3) is 2.66. The topological polar surface area (TPSA) is 54.0 Å². The molecule has 1 aromatic rings. The summed E-state index contributed by atoms with van der Waals surface area (Å²) in [6, 6.07) is 4.96. The highest BCUT2D eigenvalue weighted by Gasteiger charge is 2.12. The van der Waals surface area contributed by atoms with E-state index in [1.54, 1.807) is 18.2 Å². The Hall–Kier alpha value is -2.17. The average Bonchev–Trinajstić information content (AvgIpc) is 2.34. The summed E-state index contributed by atoms with van der Waals surface area (Å²) < 4.78 is 10.1. The lowest BCUT2D eigenvalue weighted by atomic mass is 10.3. The van der Waals surface area contributed by atoms with Gasteiger partial charge in [0.1, 0.15) is 0 Å². The summed E-state index contributed by atoms with van der Waals surface area (Å²) >= 11 is 0. The largest absolute Gasteiger partial charge is 0.493 e. The average molecular weight is 224 g/mol. The molecule has 0 bridgehead atoms. The third-order valence-electron chi connectivity index (χ3n) is 1.75. The minimum Gasteiger partial charge on any atom is -0.493 e. The van der Waals surface area contributed by atoms with E-state index in [1.165, 1.54) is 14.2 Å². The zero-order valence-corrected chi connectivity index (χ0v) is 9.06. The van der Waals surface area contributed by atoms with Gasteiger partial charge in [-0.05, 0) is 12.1 Å². The molecule has 16 heavy (non-hydrogen) atoms. The minimum atomic E-state index is -0.690. The number of carbonyl (C=O) groups excluding carboxylic acids is 1. The minimum absolute atomic E-state index is 0.247. The molecule has 0 N–H and O–H groups in total. The van der Waals surface area contributed by atoms with Gasteiger partial charge >= 0.3 is 5.97 Å². The van der Waals surface area contributed by atoms with E-state index >= 15 is 0 Å². The van der Waals surface area contributed by atoms with E-state index in [1.807, 2.05) is 0 Å². The number of methoxy groups -OCH3 is 2. The molecule has 0 atom stereocenters. The first-order chi connectivity index (χ1) is 7.72. The molecule has 0 aliphatic heterocycles. The number of rotatable bonds is 5. The molecule has 0 fully saturated rings. The summed E-state index contributed by atoms with van der Waals surface area (Å²) in [7, 11) is 2.96. The fourth-order valence-corrected chi connectivity index (χ4v) is 1.04. The first-order valence-corrected chi connectivity index (χ1v) is 4.44. The summed E-state index contributed by atoms with van der Waals surface area (Å²) in [5.41, 5.74) is 0. The molecule has 0 saturated heterocycles. The Morgan fingerprint density at radius 2 is 1.94 bits per heavy atom. The van der Waals surface area contributed by atoms with Crippen molar-refractivity contribution in [2.24, 2.45) is 0 Å². The summed E-state index contributed by atoms with van der Waals surface area (Å²) in [6.07, 6.45) is 0.993. The van der Waals surface area contributed by atoms with Crippen LogP contribution in [0.25, 0.3) is 0 Å². The van der Waals surface area contributed by atoms with Crippen LogP contribution in [0.5, 0.6) is 17.2 Å². The maximum absolute atomic E-state index is 10.8. The van der Waals surface area contributed by atoms with Gasteiger partial charge in [-0.1, -0.05) is 12.6 Å². The lowest BCUT2D eigenvalue weighted by Gasteiger charge is -2.10. The number of benzene rings is 1. The predicted octanol–water partition coefficient (Wildman–Crippen LogP) is 1.73. The van der Waals surface area contributed by atoms with Crippen molar-refractivity contribution in [1.82, 2.24) is 0 Å². The summed E-state index contributed by atoms with van der Waals surface area (Å²) in [5, 5.41) is 0. The smallest absolute Gasteiger partial charge is 0.378 e. The zero-order chi connectivity index (χ0) is 12.0. The van der Waals surface area contributed by atoms with Crippen molar-refractivity contribution in [3.8, 4) is 17.2 Å². The first kappa shape index (κ1) is 11.9. The standard InChI is InChI=1S/C11H12O5/c1-4-10(12)16-15-9-7-5-6-8(13-2)11(9)14-3/h4-7H,1H2,2-3H3. The fourth-order valence-electron chi connectivity index (χ4n) is 1.04. The van der Waals surface area contributed by atoms with Crippen molar-refractivity contribution >= 4 is 5.97 Å². The van der Waals surface area contributed by atoms with Crippen LogP contribution < -0.4 is 14.4 Å². The lowest BCUT2D eigenvalue weighted by molar-refractivity contribution is -0.207. The molecule has 1 rings (SSSR count). The van der Waals surface area contributed by atoms with Gasteiger partial charge < -0.3 is 9.47 Å². The summed E-state index contributed by atoms with van der Waals surface area (Å²) in [6.45, 7) is 3.24. The number of ether oxygens (including phenoxy) is 2. The molecule has 0 saturated carbocycles. The molecule has 0 unspecified atom stereocenters.